The molecule has 1 aliphatic heterocycles. The van der Waals surface area contributed by atoms with Gasteiger partial charge in [-0.2, -0.15) is 0 Å². The lowest BCUT2D eigenvalue weighted by Crippen LogP contribution is -2.29. The highest BCUT2D eigenvalue weighted by Gasteiger charge is 2.28. The third-order valence-electron chi connectivity index (χ3n) is 5.69. The molecule has 0 saturated carbocycles. The summed E-state index contributed by atoms with van der Waals surface area (Å²) >= 11 is 0. The van der Waals surface area contributed by atoms with Crippen molar-refractivity contribution in [1.82, 2.24) is 9.47 Å². The van der Waals surface area contributed by atoms with E-state index in [0.29, 0.717) is 5.75 Å². The minimum atomic E-state index is 0.0974. The first kappa shape index (κ1) is 18.6. The van der Waals surface area contributed by atoms with Crippen LogP contribution >= 0.6 is 0 Å². The van der Waals surface area contributed by atoms with Crippen molar-refractivity contribution in [3.63, 3.8) is 0 Å². The first-order valence-corrected chi connectivity index (χ1v) is 10.0. The second-order valence-electron chi connectivity index (χ2n) is 7.45. The van der Waals surface area contributed by atoms with Gasteiger partial charge in [-0.15, -0.1) is 0 Å². The van der Waals surface area contributed by atoms with Gasteiger partial charge in [0, 0.05) is 31.5 Å². The standard InChI is InChI=1S/C24H28N2O2/c1-3-18-7-9-19(10-8-18)17-26-15-5-14-25-13-4-6-21(25)24(26)20-11-12-23(28-2)22(27)16-20/h4,6-13,16,24,27H,3,5,14-15,17H2,1-2H3. The second-order valence-corrected chi connectivity index (χ2v) is 7.45. The quantitative estimate of drug-likeness (QED) is 0.698. The van der Waals surface area contributed by atoms with Crippen LogP contribution in [0.2, 0.25) is 0 Å². The molecule has 1 N–H and O–H groups in total. The van der Waals surface area contributed by atoms with Crippen LogP contribution < -0.4 is 4.74 Å². The molecule has 4 rings (SSSR count). The number of hydrogen-bond acceptors (Lipinski definition) is 3. The Labute approximate surface area is 167 Å². The number of phenolic OH excluding ortho intramolecular Hbond substituents is 1. The molecule has 4 nitrogen and oxygen atoms in total. The van der Waals surface area contributed by atoms with Crippen molar-refractivity contribution in [2.24, 2.45) is 0 Å². The summed E-state index contributed by atoms with van der Waals surface area (Å²) in [6.45, 7) is 5.09. The minimum absolute atomic E-state index is 0.0974. The Bertz CT molecular complexity index is 930. The summed E-state index contributed by atoms with van der Waals surface area (Å²) in [5.41, 5.74) is 5.04. The predicted molar refractivity (Wildman–Crippen MR) is 112 cm³/mol. The molecule has 0 amide bonds. The number of hydrogen-bond donors (Lipinski definition) is 1. The van der Waals surface area contributed by atoms with Crippen molar-refractivity contribution >= 4 is 0 Å². The molecule has 1 aromatic heterocycles. The van der Waals surface area contributed by atoms with E-state index < -0.39 is 0 Å². The second kappa shape index (κ2) is 8.11. The third kappa shape index (κ3) is 3.65. The van der Waals surface area contributed by atoms with E-state index in [1.807, 2.05) is 12.1 Å². The Morgan fingerprint density at radius 3 is 2.54 bits per heavy atom. The summed E-state index contributed by atoms with van der Waals surface area (Å²) in [4.78, 5) is 2.51. The molecule has 1 aliphatic rings. The fourth-order valence-electron chi connectivity index (χ4n) is 4.18. The van der Waals surface area contributed by atoms with Crippen LogP contribution in [0.1, 0.15) is 41.8 Å². The van der Waals surface area contributed by atoms with Crippen molar-refractivity contribution in [1.29, 1.82) is 0 Å². The average molecular weight is 377 g/mol. The molecule has 0 aliphatic carbocycles. The smallest absolute Gasteiger partial charge is 0.160 e. The van der Waals surface area contributed by atoms with E-state index in [1.54, 1.807) is 7.11 Å². The van der Waals surface area contributed by atoms with Crippen LogP contribution in [0.25, 0.3) is 0 Å². The molecular weight excluding hydrogens is 348 g/mol. The highest BCUT2D eigenvalue weighted by atomic mass is 16.5. The molecule has 0 spiro atoms. The monoisotopic (exact) mass is 376 g/mol. The Morgan fingerprint density at radius 1 is 1.04 bits per heavy atom. The number of aromatic hydroxyl groups is 1. The minimum Gasteiger partial charge on any atom is -0.504 e. The van der Waals surface area contributed by atoms with Crippen LogP contribution in [-0.2, 0) is 19.5 Å². The summed E-state index contributed by atoms with van der Waals surface area (Å²) in [5.74, 6) is 0.698. The average Bonchev–Trinajstić information content (AvgIpc) is 3.10. The van der Waals surface area contributed by atoms with Crippen molar-refractivity contribution in [3.8, 4) is 11.5 Å². The fourth-order valence-corrected chi connectivity index (χ4v) is 4.18. The van der Waals surface area contributed by atoms with Gasteiger partial charge in [0.05, 0.1) is 13.2 Å². The zero-order valence-corrected chi connectivity index (χ0v) is 16.6. The molecule has 4 heteroatoms. The number of benzene rings is 2. The number of fused-ring (bicyclic) bond motifs is 1. The molecule has 1 unspecified atom stereocenters. The van der Waals surface area contributed by atoms with Crippen LogP contribution in [0, 0.1) is 0 Å². The summed E-state index contributed by atoms with van der Waals surface area (Å²) in [5, 5.41) is 10.4. The van der Waals surface area contributed by atoms with Crippen molar-refractivity contribution in [3.05, 3.63) is 83.2 Å². The zero-order chi connectivity index (χ0) is 19.5. The van der Waals surface area contributed by atoms with Gasteiger partial charge in [-0.3, -0.25) is 4.90 Å². The van der Waals surface area contributed by atoms with E-state index in [2.05, 4.69) is 65.1 Å². The van der Waals surface area contributed by atoms with E-state index in [9.17, 15) is 5.11 Å². The van der Waals surface area contributed by atoms with Crippen LogP contribution in [0.5, 0.6) is 11.5 Å². The van der Waals surface area contributed by atoms with Gasteiger partial charge in [0.25, 0.3) is 0 Å². The number of nitrogens with zero attached hydrogens (tertiary/aromatic N) is 2. The maximum absolute atomic E-state index is 10.4. The molecule has 2 heterocycles. The topological polar surface area (TPSA) is 37.6 Å². The van der Waals surface area contributed by atoms with Gasteiger partial charge in [-0.05, 0) is 53.8 Å². The lowest BCUT2D eigenvalue weighted by Gasteiger charge is -2.31. The first-order chi connectivity index (χ1) is 13.7. The first-order valence-electron chi connectivity index (χ1n) is 10.0. The summed E-state index contributed by atoms with van der Waals surface area (Å²) in [6.07, 6.45) is 4.32. The molecule has 146 valence electrons. The number of ether oxygens (including phenoxy) is 1. The Kier molecular flexibility index (Phi) is 5.40. The van der Waals surface area contributed by atoms with E-state index in [1.165, 1.54) is 16.8 Å². The lowest BCUT2D eigenvalue weighted by atomic mass is 10.00. The molecule has 0 radical (unpaired) electrons. The van der Waals surface area contributed by atoms with Gasteiger partial charge in [-0.25, -0.2) is 0 Å². The van der Waals surface area contributed by atoms with Crippen molar-refractivity contribution < 1.29 is 9.84 Å². The van der Waals surface area contributed by atoms with Gasteiger partial charge >= 0.3 is 0 Å². The fraction of sp³-hybridized carbons (Fsp3) is 0.333. The molecular formula is C24H28N2O2. The Morgan fingerprint density at radius 2 is 1.82 bits per heavy atom. The third-order valence-corrected chi connectivity index (χ3v) is 5.69. The van der Waals surface area contributed by atoms with Crippen LogP contribution in [0.3, 0.4) is 0 Å². The molecule has 0 fully saturated rings. The van der Waals surface area contributed by atoms with E-state index in [-0.39, 0.29) is 11.8 Å². The lowest BCUT2D eigenvalue weighted by molar-refractivity contribution is 0.220. The number of aryl methyl sites for hydroxylation is 2. The molecule has 2 aromatic carbocycles. The Balaban J connectivity index is 1.71. The Hall–Kier alpha value is -2.72. The van der Waals surface area contributed by atoms with Crippen LogP contribution in [0.4, 0.5) is 0 Å². The van der Waals surface area contributed by atoms with Gasteiger partial charge in [0.2, 0.25) is 0 Å². The molecule has 1 atom stereocenters. The van der Waals surface area contributed by atoms with Crippen molar-refractivity contribution in [2.45, 2.75) is 38.9 Å². The SMILES string of the molecule is CCc1ccc(CN2CCCn3cccc3C2c2ccc(OC)c(O)c2)cc1. The maximum atomic E-state index is 10.4. The van der Waals surface area contributed by atoms with Gasteiger partial charge in [0.1, 0.15) is 0 Å². The van der Waals surface area contributed by atoms with Crippen LogP contribution in [-0.4, -0.2) is 28.2 Å². The van der Waals surface area contributed by atoms with Gasteiger partial charge < -0.3 is 14.4 Å². The summed E-state index contributed by atoms with van der Waals surface area (Å²) < 4.78 is 7.58. The number of rotatable bonds is 5. The van der Waals surface area contributed by atoms with Crippen molar-refractivity contribution in [2.75, 3.05) is 13.7 Å². The highest BCUT2D eigenvalue weighted by molar-refractivity contribution is 5.44. The molecule has 0 bridgehead atoms. The van der Waals surface area contributed by atoms with E-state index >= 15 is 0 Å². The summed E-state index contributed by atoms with van der Waals surface area (Å²) in [6, 6.07) is 19.1. The number of methoxy groups -OCH3 is 1. The molecule has 3 aromatic rings. The maximum Gasteiger partial charge on any atom is 0.160 e. The summed E-state index contributed by atoms with van der Waals surface area (Å²) in [7, 11) is 1.58. The normalized spacial score (nSPS) is 17.1. The molecule has 28 heavy (non-hydrogen) atoms. The van der Waals surface area contributed by atoms with E-state index in [0.717, 1.165) is 38.0 Å². The predicted octanol–water partition coefficient (Wildman–Crippen LogP) is 4.76. The number of aromatic nitrogens is 1. The zero-order valence-electron chi connectivity index (χ0n) is 16.6. The highest BCUT2D eigenvalue weighted by Crippen LogP contribution is 2.37. The van der Waals surface area contributed by atoms with Gasteiger partial charge in [-0.1, -0.05) is 37.3 Å². The van der Waals surface area contributed by atoms with Crippen LogP contribution in [0.15, 0.2) is 60.8 Å². The largest absolute Gasteiger partial charge is 0.504 e. The van der Waals surface area contributed by atoms with E-state index in [4.69, 9.17) is 4.74 Å². The molecule has 0 saturated heterocycles. The number of phenols is 1. The van der Waals surface area contributed by atoms with Gasteiger partial charge in [0.15, 0.2) is 11.5 Å².